The fraction of sp³-hybridized carbons (Fsp3) is 0.660. The molecule has 1 aliphatic heterocycles. The van der Waals surface area contributed by atoms with Gasteiger partial charge in [-0.2, -0.15) is 0 Å². The number of likely N-dealkylation sites (tertiary alicyclic amines) is 1. The maximum Gasteiger partial charge on any atom is 0.410 e. The highest BCUT2D eigenvalue weighted by Crippen LogP contribution is 2.30. The first-order valence-corrected chi connectivity index (χ1v) is 25.4. The Morgan fingerprint density at radius 3 is 2.04 bits per heavy atom. The fourth-order valence-corrected chi connectivity index (χ4v) is 10.1. The van der Waals surface area contributed by atoms with Gasteiger partial charge in [0.1, 0.15) is 30.8 Å². The first kappa shape index (κ1) is 57.9. The predicted octanol–water partition coefficient (Wildman–Crippen LogP) is 7.89. The zero-order valence-corrected chi connectivity index (χ0v) is 43.9. The number of likely N-dealkylation sites (N-methyl/N-ethyl adjacent to an activating group) is 2. The number of methoxy groups -OCH3 is 2. The van der Waals surface area contributed by atoms with E-state index in [1.807, 2.05) is 58.0 Å². The van der Waals surface area contributed by atoms with E-state index in [0.717, 1.165) is 37.7 Å². The van der Waals surface area contributed by atoms with Crippen molar-refractivity contribution in [1.82, 2.24) is 25.3 Å². The number of amides is 5. The van der Waals surface area contributed by atoms with Gasteiger partial charge in [0.05, 0.1) is 36.6 Å². The Bertz CT molecular complexity index is 2100. The van der Waals surface area contributed by atoms with Gasteiger partial charge in [0.25, 0.3) is 0 Å². The SMILES string of the molecule is CC[C@H](C)[C@@H]([C@@H](CC(=O)N1CCC[C@H]1[C@H](OC)[C@@H](C)C(=O)N[C@@H](Cc1ccccc1)C(=O)OC1CCCCC1)OC)N(C)C(=O)[C@@H](NC(=O)[C@H](C(C)C)N(C)C(=O)OCc1ccc(N=[N+]=[N-])cc1)C(C)C. The Labute approximate surface area is 420 Å². The van der Waals surface area contributed by atoms with Gasteiger partial charge >= 0.3 is 12.1 Å². The number of rotatable bonds is 25. The Morgan fingerprint density at radius 1 is 0.803 bits per heavy atom. The quantitative estimate of drug-likeness (QED) is 0.0424. The van der Waals surface area contributed by atoms with Crippen LogP contribution in [0.4, 0.5) is 10.5 Å². The molecule has 2 fully saturated rings. The normalized spacial score (nSPS) is 18.4. The molecule has 0 radical (unpaired) electrons. The second-order valence-corrected chi connectivity index (χ2v) is 20.0. The Kier molecular flexibility index (Phi) is 23.1. The summed E-state index contributed by atoms with van der Waals surface area (Å²) in [6.45, 7) is 13.4. The highest BCUT2D eigenvalue weighted by Gasteiger charge is 2.44. The summed E-state index contributed by atoms with van der Waals surface area (Å²) in [5, 5.41) is 9.48. The summed E-state index contributed by atoms with van der Waals surface area (Å²) in [7, 11) is 6.18. The molecule has 2 aromatic carbocycles. The minimum atomic E-state index is -0.994. The average Bonchev–Trinajstić information content (AvgIpc) is 3.85. The molecule has 2 aliphatic rings. The molecule has 71 heavy (non-hydrogen) atoms. The summed E-state index contributed by atoms with van der Waals surface area (Å²) in [4.78, 5) is 91.7. The predicted molar refractivity (Wildman–Crippen MR) is 270 cm³/mol. The summed E-state index contributed by atoms with van der Waals surface area (Å²) < 4.78 is 23.6. The lowest BCUT2D eigenvalue weighted by Crippen LogP contribution is -2.60. The standard InChI is InChI=1S/C53H80N8O10/c1-12-35(6)47(59(8)51(65)45(33(2)3)56-50(64)46(34(4)5)60(9)53(67)70-32-38-25-27-39(28-26-38)57-58-54)43(68-10)31-44(62)61-29-19-24-42(61)48(69-11)36(7)49(63)55-41(30-37-20-15-13-16-21-37)52(66)71-40-22-17-14-18-23-40/h13,15-16,20-21,25-28,33-36,40-43,45-48H,12,14,17-19,22-24,29-32H2,1-11H3,(H,55,63)(H,56,64)/t35-,36+,41-,42-,43+,45-,46-,47-,48+/m0/s1. The van der Waals surface area contributed by atoms with Crippen LogP contribution in [0.5, 0.6) is 0 Å². The minimum absolute atomic E-state index is 0.0677. The van der Waals surface area contributed by atoms with Crippen molar-refractivity contribution in [3.05, 3.63) is 76.2 Å². The summed E-state index contributed by atoms with van der Waals surface area (Å²) in [6, 6.07) is 12.1. The number of azide groups is 1. The van der Waals surface area contributed by atoms with E-state index in [4.69, 9.17) is 24.5 Å². The van der Waals surface area contributed by atoms with Crippen LogP contribution in [0.15, 0.2) is 59.7 Å². The van der Waals surface area contributed by atoms with Crippen LogP contribution in [0.3, 0.4) is 0 Å². The monoisotopic (exact) mass is 989 g/mol. The first-order chi connectivity index (χ1) is 33.9. The number of benzene rings is 2. The molecule has 1 saturated carbocycles. The zero-order chi connectivity index (χ0) is 52.4. The molecule has 392 valence electrons. The molecule has 18 heteroatoms. The van der Waals surface area contributed by atoms with Gasteiger partial charge in [-0.25, -0.2) is 9.59 Å². The minimum Gasteiger partial charge on any atom is -0.461 e. The number of hydrogen-bond donors (Lipinski definition) is 2. The van der Waals surface area contributed by atoms with Gasteiger partial charge in [-0.05, 0) is 72.9 Å². The van der Waals surface area contributed by atoms with E-state index in [9.17, 15) is 28.8 Å². The summed E-state index contributed by atoms with van der Waals surface area (Å²) in [5.74, 6) is -3.56. The van der Waals surface area contributed by atoms with Crippen molar-refractivity contribution in [1.29, 1.82) is 0 Å². The second-order valence-electron chi connectivity index (χ2n) is 20.0. The summed E-state index contributed by atoms with van der Waals surface area (Å²) in [5.41, 5.74) is 10.6. The molecule has 1 saturated heterocycles. The van der Waals surface area contributed by atoms with Crippen LogP contribution >= 0.6 is 0 Å². The van der Waals surface area contributed by atoms with Crippen molar-refractivity contribution in [2.75, 3.05) is 34.9 Å². The molecule has 0 aromatic heterocycles. The van der Waals surface area contributed by atoms with Crippen LogP contribution < -0.4 is 10.6 Å². The number of nitrogens with one attached hydrogen (secondary N) is 2. The number of hydrogen-bond acceptors (Lipinski definition) is 11. The number of ether oxygens (including phenoxy) is 4. The van der Waals surface area contributed by atoms with Crippen LogP contribution in [-0.2, 0) is 55.9 Å². The maximum atomic E-state index is 14.6. The lowest BCUT2D eigenvalue weighted by atomic mass is 9.89. The van der Waals surface area contributed by atoms with Crippen molar-refractivity contribution < 1.29 is 47.7 Å². The largest absolute Gasteiger partial charge is 0.461 e. The van der Waals surface area contributed by atoms with Crippen LogP contribution in [0.2, 0.25) is 0 Å². The topological polar surface area (TPSA) is 222 Å². The first-order valence-electron chi connectivity index (χ1n) is 25.4. The molecule has 2 N–H and O–H groups in total. The third-order valence-electron chi connectivity index (χ3n) is 14.3. The van der Waals surface area contributed by atoms with Crippen molar-refractivity contribution in [3.63, 3.8) is 0 Å². The Morgan fingerprint density at radius 2 is 1.46 bits per heavy atom. The molecular weight excluding hydrogens is 909 g/mol. The number of carbonyl (C=O) groups excluding carboxylic acids is 6. The van der Waals surface area contributed by atoms with E-state index in [-0.39, 0.29) is 61.0 Å². The van der Waals surface area contributed by atoms with Gasteiger partial charge in [0, 0.05) is 51.9 Å². The summed E-state index contributed by atoms with van der Waals surface area (Å²) >= 11 is 0. The van der Waals surface area contributed by atoms with Gasteiger partial charge in [0.15, 0.2) is 0 Å². The lowest BCUT2D eigenvalue weighted by molar-refractivity contribution is -0.155. The molecule has 1 heterocycles. The highest BCUT2D eigenvalue weighted by atomic mass is 16.6. The molecule has 2 aromatic rings. The van der Waals surface area contributed by atoms with Crippen molar-refractivity contribution >= 4 is 41.4 Å². The zero-order valence-electron chi connectivity index (χ0n) is 43.9. The molecule has 1 aliphatic carbocycles. The van der Waals surface area contributed by atoms with Crippen LogP contribution in [-0.4, -0.2) is 134 Å². The van der Waals surface area contributed by atoms with Gasteiger partial charge in [-0.3, -0.25) is 24.1 Å². The smallest absolute Gasteiger partial charge is 0.410 e. The van der Waals surface area contributed by atoms with Gasteiger partial charge < -0.3 is 39.4 Å². The fourth-order valence-electron chi connectivity index (χ4n) is 10.1. The molecule has 5 amide bonds. The lowest BCUT2D eigenvalue weighted by Gasteiger charge is -2.41. The maximum absolute atomic E-state index is 14.6. The molecule has 0 spiro atoms. The number of nitrogens with zero attached hydrogens (tertiary/aromatic N) is 6. The Hall–Kier alpha value is -5.71. The van der Waals surface area contributed by atoms with Gasteiger partial charge in [-0.1, -0.05) is 121 Å². The molecule has 4 rings (SSSR count). The van der Waals surface area contributed by atoms with E-state index in [2.05, 4.69) is 20.7 Å². The van der Waals surface area contributed by atoms with E-state index in [0.29, 0.717) is 37.1 Å². The van der Waals surface area contributed by atoms with Crippen molar-refractivity contribution in [2.24, 2.45) is 28.8 Å². The number of carbonyl (C=O) groups is 6. The van der Waals surface area contributed by atoms with E-state index in [1.165, 1.54) is 26.2 Å². The molecule has 0 bridgehead atoms. The third kappa shape index (κ3) is 16.1. The van der Waals surface area contributed by atoms with Crippen molar-refractivity contribution in [3.8, 4) is 0 Å². The van der Waals surface area contributed by atoms with Gasteiger partial charge in [-0.15, -0.1) is 0 Å². The Balaban J connectivity index is 1.46. The average molecular weight is 989 g/mol. The molecule has 9 atom stereocenters. The van der Waals surface area contributed by atoms with E-state index < -0.39 is 66.3 Å². The third-order valence-corrected chi connectivity index (χ3v) is 14.3. The summed E-state index contributed by atoms with van der Waals surface area (Å²) in [6.07, 6.45) is 4.49. The highest BCUT2D eigenvalue weighted by molar-refractivity contribution is 5.92. The van der Waals surface area contributed by atoms with E-state index in [1.54, 1.807) is 61.9 Å². The molecule has 0 unspecified atom stereocenters. The van der Waals surface area contributed by atoms with Gasteiger partial charge in [0.2, 0.25) is 23.6 Å². The second kappa shape index (κ2) is 28.4. The van der Waals surface area contributed by atoms with E-state index >= 15 is 0 Å². The van der Waals surface area contributed by atoms with Crippen LogP contribution in [0, 0.1) is 23.7 Å². The number of esters is 1. The van der Waals surface area contributed by atoms with Crippen molar-refractivity contribution in [2.45, 2.75) is 168 Å². The van der Waals surface area contributed by atoms with Crippen LogP contribution in [0.25, 0.3) is 10.4 Å². The molecule has 18 nitrogen and oxygen atoms in total. The van der Waals surface area contributed by atoms with Crippen LogP contribution in [0.1, 0.15) is 117 Å². The molecular formula is C53H80N8O10.